The Bertz CT molecular complexity index is 520. The molecule has 1 fully saturated rings. The largest absolute Gasteiger partial charge is 0.478 e. The van der Waals surface area contributed by atoms with E-state index in [1.165, 1.54) is 6.08 Å². The number of benzene rings is 1. The summed E-state index contributed by atoms with van der Waals surface area (Å²) in [5.74, 6) is -0.945. The number of ether oxygens (including phenoxy) is 1. The highest BCUT2D eigenvalue weighted by molar-refractivity contribution is 9.10. The maximum absolute atomic E-state index is 10.7. The SMILES string of the molecule is C[C@@H]1CN(c2ccc(Br)cc2/C=C/C(=O)O)C[C@H](C)O1. The van der Waals surface area contributed by atoms with Gasteiger partial charge in [0.25, 0.3) is 0 Å². The van der Waals surface area contributed by atoms with E-state index in [0.29, 0.717) is 0 Å². The van der Waals surface area contributed by atoms with Crippen LogP contribution in [0, 0.1) is 0 Å². The molecule has 4 nitrogen and oxygen atoms in total. The number of rotatable bonds is 3. The van der Waals surface area contributed by atoms with Gasteiger partial charge in [0.2, 0.25) is 0 Å². The second-order valence-electron chi connectivity index (χ2n) is 5.04. The molecule has 2 rings (SSSR count). The second-order valence-corrected chi connectivity index (χ2v) is 5.95. The molecule has 0 spiro atoms. The first-order valence-electron chi connectivity index (χ1n) is 6.56. The molecule has 5 heteroatoms. The van der Waals surface area contributed by atoms with Crippen molar-refractivity contribution in [2.45, 2.75) is 26.1 Å². The molecule has 0 unspecified atom stereocenters. The minimum Gasteiger partial charge on any atom is -0.478 e. The second kappa shape index (κ2) is 6.41. The van der Waals surface area contributed by atoms with Crippen LogP contribution in [0.15, 0.2) is 28.7 Å². The van der Waals surface area contributed by atoms with Crippen LogP contribution in [0.2, 0.25) is 0 Å². The number of morpholine rings is 1. The van der Waals surface area contributed by atoms with Crippen LogP contribution in [0.5, 0.6) is 0 Å². The summed E-state index contributed by atoms with van der Waals surface area (Å²) in [6, 6.07) is 5.91. The van der Waals surface area contributed by atoms with Crippen molar-refractivity contribution >= 4 is 33.7 Å². The third-order valence-corrected chi connectivity index (χ3v) is 3.65. The first-order chi connectivity index (χ1) is 9.45. The van der Waals surface area contributed by atoms with Crippen molar-refractivity contribution < 1.29 is 14.6 Å². The van der Waals surface area contributed by atoms with E-state index in [2.05, 4.69) is 20.8 Å². The lowest BCUT2D eigenvalue weighted by Crippen LogP contribution is -2.45. The van der Waals surface area contributed by atoms with Gasteiger partial charge in [0.05, 0.1) is 12.2 Å². The first kappa shape index (κ1) is 15.1. The van der Waals surface area contributed by atoms with Crippen molar-refractivity contribution in [3.05, 3.63) is 34.3 Å². The Labute approximate surface area is 127 Å². The normalized spacial score (nSPS) is 23.2. The minimum absolute atomic E-state index is 0.165. The van der Waals surface area contributed by atoms with Crippen LogP contribution in [-0.4, -0.2) is 36.4 Å². The van der Waals surface area contributed by atoms with Gasteiger partial charge in [-0.1, -0.05) is 15.9 Å². The summed E-state index contributed by atoms with van der Waals surface area (Å²) in [6.07, 6.45) is 3.13. The van der Waals surface area contributed by atoms with Gasteiger partial charge in [0.15, 0.2) is 0 Å². The lowest BCUT2D eigenvalue weighted by atomic mass is 10.1. The van der Waals surface area contributed by atoms with Crippen molar-refractivity contribution in [1.29, 1.82) is 0 Å². The van der Waals surface area contributed by atoms with E-state index >= 15 is 0 Å². The number of hydrogen-bond acceptors (Lipinski definition) is 3. The Morgan fingerprint density at radius 1 is 1.40 bits per heavy atom. The number of carboxylic acids is 1. The summed E-state index contributed by atoms with van der Waals surface area (Å²) in [5, 5.41) is 8.80. The molecule has 0 radical (unpaired) electrons. The molecular formula is C15H18BrNO3. The van der Waals surface area contributed by atoms with Crippen LogP contribution in [0.3, 0.4) is 0 Å². The maximum Gasteiger partial charge on any atom is 0.328 e. The summed E-state index contributed by atoms with van der Waals surface area (Å²) in [5.41, 5.74) is 1.93. The highest BCUT2D eigenvalue weighted by atomic mass is 79.9. The number of carbonyl (C=O) groups is 1. The van der Waals surface area contributed by atoms with Gasteiger partial charge < -0.3 is 14.7 Å². The Morgan fingerprint density at radius 2 is 2.05 bits per heavy atom. The van der Waals surface area contributed by atoms with Gasteiger partial charge in [-0.15, -0.1) is 0 Å². The van der Waals surface area contributed by atoms with Gasteiger partial charge in [-0.2, -0.15) is 0 Å². The lowest BCUT2D eigenvalue weighted by molar-refractivity contribution is -0.131. The fraction of sp³-hybridized carbons (Fsp3) is 0.400. The minimum atomic E-state index is -0.945. The van der Waals surface area contributed by atoms with Crippen LogP contribution in [0.25, 0.3) is 6.08 Å². The summed E-state index contributed by atoms with van der Waals surface area (Å²) in [6.45, 7) is 5.71. The predicted molar refractivity (Wildman–Crippen MR) is 83.0 cm³/mol. The Balaban J connectivity index is 2.32. The molecule has 2 atom stereocenters. The molecule has 0 amide bonds. The number of anilines is 1. The maximum atomic E-state index is 10.7. The molecule has 1 saturated heterocycles. The molecule has 1 aromatic rings. The van der Waals surface area contributed by atoms with Crippen molar-refractivity contribution in [3.8, 4) is 0 Å². The molecule has 0 saturated carbocycles. The van der Waals surface area contributed by atoms with Crippen molar-refractivity contribution in [1.82, 2.24) is 0 Å². The van der Waals surface area contributed by atoms with E-state index in [0.717, 1.165) is 28.8 Å². The Kier molecular flexibility index (Phi) is 4.83. The van der Waals surface area contributed by atoms with Gasteiger partial charge in [0, 0.05) is 29.3 Å². The van der Waals surface area contributed by atoms with Crippen LogP contribution < -0.4 is 4.90 Å². The molecule has 1 aliphatic heterocycles. The number of halogens is 1. The fourth-order valence-corrected chi connectivity index (χ4v) is 2.86. The zero-order chi connectivity index (χ0) is 14.7. The van der Waals surface area contributed by atoms with E-state index in [-0.39, 0.29) is 12.2 Å². The Morgan fingerprint density at radius 3 is 2.65 bits per heavy atom. The zero-order valence-corrected chi connectivity index (χ0v) is 13.1. The molecule has 0 aromatic heterocycles. The van der Waals surface area contributed by atoms with E-state index < -0.39 is 5.97 Å². The van der Waals surface area contributed by atoms with Gasteiger partial charge in [-0.05, 0) is 43.7 Å². The summed E-state index contributed by atoms with van der Waals surface area (Å²) in [4.78, 5) is 13.0. The molecule has 1 heterocycles. The lowest BCUT2D eigenvalue weighted by Gasteiger charge is -2.37. The molecule has 0 bridgehead atoms. The molecule has 108 valence electrons. The quantitative estimate of drug-likeness (QED) is 0.859. The topological polar surface area (TPSA) is 49.8 Å². The number of aliphatic carboxylic acids is 1. The van der Waals surface area contributed by atoms with Gasteiger partial charge in [0.1, 0.15) is 0 Å². The van der Waals surface area contributed by atoms with Crippen molar-refractivity contribution in [2.24, 2.45) is 0 Å². The number of nitrogens with zero attached hydrogens (tertiary/aromatic N) is 1. The molecule has 1 aromatic carbocycles. The summed E-state index contributed by atoms with van der Waals surface area (Å²) in [7, 11) is 0. The third-order valence-electron chi connectivity index (χ3n) is 3.16. The van der Waals surface area contributed by atoms with E-state index in [1.54, 1.807) is 6.08 Å². The van der Waals surface area contributed by atoms with Crippen molar-refractivity contribution in [3.63, 3.8) is 0 Å². The number of hydrogen-bond donors (Lipinski definition) is 1. The van der Waals surface area contributed by atoms with Crippen LogP contribution in [0.1, 0.15) is 19.4 Å². The molecule has 0 aliphatic carbocycles. The van der Waals surface area contributed by atoms with Gasteiger partial charge in [-0.25, -0.2) is 4.79 Å². The van der Waals surface area contributed by atoms with E-state index in [4.69, 9.17) is 9.84 Å². The highest BCUT2D eigenvalue weighted by Crippen LogP contribution is 2.28. The van der Waals surface area contributed by atoms with Gasteiger partial charge in [-0.3, -0.25) is 0 Å². The smallest absolute Gasteiger partial charge is 0.328 e. The molecule has 1 aliphatic rings. The molecule has 1 N–H and O–H groups in total. The fourth-order valence-electron chi connectivity index (χ4n) is 2.48. The van der Waals surface area contributed by atoms with Crippen LogP contribution >= 0.6 is 15.9 Å². The summed E-state index contributed by atoms with van der Waals surface area (Å²) < 4.78 is 6.67. The van der Waals surface area contributed by atoms with Crippen LogP contribution in [-0.2, 0) is 9.53 Å². The standard InChI is InChI=1S/C15H18BrNO3/c1-10-8-17(9-11(2)20-10)14-5-4-13(16)7-12(14)3-6-15(18)19/h3-7,10-11H,8-9H2,1-2H3,(H,18,19)/b6-3+/t10-,11+. The Hall–Kier alpha value is -1.33. The highest BCUT2D eigenvalue weighted by Gasteiger charge is 2.23. The van der Waals surface area contributed by atoms with E-state index in [1.807, 2.05) is 32.0 Å². The molecular weight excluding hydrogens is 322 g/mol. The average Bonchev–Trinajstić information content (AvgIpc) is 2.35. The average molecular weight is 340 g/mol. The monoisotopic (exact) mass is 339 g/mol. The van der Waals surface area contributed by atoms with Crippen molar-refractivity contribution in [2.75, 3.05) is 18.0 Å². The molecule has 20 heavy (non-hydrogen) atoms. The van der Waals surface area contributed by atoms with Gasteiger partial charge >= 0.3 is 5.97 Å². The number of carboxylic acid groups (broad SMARTS) is 1. The zero-order valence-electron chi connectivity index (χ0n) is 11.5. The summed E-state index contributed by atoms with van der Waals surface area (Å²) >= 11 is 3.43. The van der Waals surface area contributed by atoms with E-state index in [9.17, 15) is 4.79 Å². The van der Waals surface area contributed by atoms with Crippen LogP contribution in [0.4, 0.5) is 5.69 Å². The third kappa shape index (κ3) is 3.84. The first-order valence-corrected chi connectivity index (χ1v) is 7.36. The predicted octanol–water partition coefficient (Wildman–Crippen LogP) is 3.16.